The zero-order valence-electron chi connectivity index (χ0n) is 21.7. The van der Waals surface area contributed by atoms with E-state index in [1.807, 2.05) is 0 Å². The van der Waals surface area contributed by atoms with E-state index in [1.54, 1.807) is 18.3 Å². The summed E-state index contributed by atoms with van der Waals surface area (Å²) in [6, 6.07) is 8.40. The number of hydrogen-bond acceptors (Lipinski definition) is 8. The van der Waals surface area contributed by atoms with Gasteiger partial charge in [0.05, 0.1) is 5.39 Å². The molecule has 0 amide bonds. The number of nitrogens with one attached hydrogen (secondary N) is 1. The Bertz CT molecular complexity index is 1570. The molecule has 2 bridgehead atoms. The molecule has 2 unspecified atom stereocenters. The van der Waals surface area contributed by atoms with Gasteiger partial charge in [0.25, 0.3) is 0 Å². The maximum atomic E-state index is 16.4. The number of likely N-dealkylation sites (N-methyl/N-ethyl adjacent to an activating group) is 1. The van der Waals surface area contributed by atoms with Gasteiger partial charge in [0.2, 0.25) is 0 Å². The third kappa shape index (κ3) is 4.31. The number of nitrogens with zero attached hydrogens (tertiary/aromatic N) is 5. The fourth-order valence-electron chi connectivity index (χ4n) is 6.40. The molecule has 0 saturated carbocycles. The van der Waals surface area contributed by atoms with Crippen molar-refractivity contribution in [1.29, 1.82) is 0 Å². The van der Waals surface area contributed by atoms with Crippen LogP contribution in [0.25, 0.3) is 32.9 Å². The topological polar surface area (TPSA) is 86.6 Å². The van der Waals surface area contributed by atoms with Crippen LogP contribution >= 0.6 is 0 Å². The van der Waals surface area contributed by atoms with Gasteiger partial charge in [-0.2, -0.15) is 9.97 Å². The van der Waals surface area contributed by atoms with Crippen LogP contribution in [-0.4, -0.2) is 76.4 Å². The molecule has 2 N–H and O–H groups in total. The number of fused-ring (bicyclic) bond motifs is 4. The third-order valence-electron chi connectivity index (χ3n) is 8.40. The summed E-state index contributed by atoms with van der Waals surface area (Å²) in [5.74, 6) is -0.729. The number of aromatic nitrogens is 3. The normalized spacial score (nSPS) is 23.3. The summed E-state index contributed by atoms with van der Waals surface area (Å²) in [5, 5.41) is 15.1. The molecule has 39 heavy (non-hydrogen) atoms. The van der Waals surface area contributed by atoms with Crippen molar-refractivity contribution in [2.75, 3.05) is 38.2 Å². The molecule has 3 atom stereocenters. The number of rotatable bonds is 5. The average Bonchev–Trinajstić information content (AvgIpc) is 3.50. The van der Waals surface area contributed by atoms with E-state index in [0.29, 0.717) is 35.3 Å². The zero-order chi connectivity index (χ0) is 26.7. The number of piperazine rings is 1. The predicted molar refractivity (Wildman–Crippen MR) is 145 cm³/mol. The predicted octanol–water partition coefficient (Wildman–Crippen LogP) is 4.24. The third-order valence-corrected chi connectivity index (χ3v) is 8.40. The lowest BCUT2D eigenvalue weighted by atomic mass is 9.99. The van der Waals surface area contributed by atoms with Crippen LogP contribution in [0.3, 0.4) is 0 Å². The van der Waals surface area contributed by atoms with Gasteiger partial charge in [-0.1, -0.05) is 12.1 Å². The number of pyridine rings is 1. The number of halogens is 2. The largest absolute Gasteiger partial charge is 0.508 e. The highest BCUT2D eigenvalue weighted by Gasteiger charge is 2.34. The lowest BCUT2D eigenvalue weighted by molar-refractivity contribution is 0.188. The number of ether oxygens (including phenoxy) is 1. The number of likely N-dealkylation sites (tertiary alicyclic amines) is 1. The highest BCUT2D eigenvalue weighted by atomic mass is 19.1. The van der Waals surface area contributed by atoms with Crippen molar-refractivity contribution < 1.29 is 18.6 Å². The molecule has 202 valence electrons. The van der Waals surface area contributed by atoms with Crippen molar-refractivity contribution in [3.63, 3.8) is 0 Å². The first-order valence-corrected chi connectivity index (χ1v) is 13.6. The second kappa shape index (κ2) is 9.53. The molecule has 5 heterocycles. The molecule has 4 aromatic rings. The van der Waals surface area contributed by atoms with Crippen LogP contribution in [0.15, 0.2) is 36.5 Å². The number of aromatic hydroxyl groups is 1. The summed E-state index contributed by atoms with van der Waals surface area (Å²) in [4.78, 5) is 18.1. The fraction of sp³-hybridized carbons (Fsp3) is 0.414. The molecule has 3 aliphatic rings. The van der Waals surface area contributed by atoms with Crippen LogP contribution in [-0.2, 0) is 0 Å². The second-order valence-corrected chi connectivity index (χ2v) is 11.0. The van der Waals surface area contributed by atoms with E-state index >= 15 is 4.39 Å². The van der Waals surface area contributed by atoms with Crippen LogP contribution in [0, 0.1) is 11.6 Å². The Labute approximate surface area is 224 Å². The molecule has 0 aliphatic carbocycles. The van der Waals surface area contributed by atoms with Crippen molar-refractivity contribution in [3.8, 4) is 23.0 Å². The standard InChI is InChI=1S/C29H30F2N6O2/c1-36-9-3-5-19(36)15-39-29-34-27-22(28(35-29)37-13-17-7-8-18(14-37)33-17)12-32-26(25(27)31)21-11-20(38)10-16-4-2-6-23(30)24(16)21/h2,4,6,10-12,17-19,33,38H,3,5,7-9,13-15H2,1H3/t17?,18?,19-/m0/s1. The van der Waals surface area contributed by atoms with Crippen LogP contribution in [0.1, 0.15) is 25.7 Å². The minimum Gasteiger partial charge on any atom is -0.508 e. The first-order valence-electron chi connectivity index (χ1n) is 13.6. The van der Waals surface area contributed by atoms with Gasteiger partial charge in [-0.25, -0.2) is 8.78 Å². The minimum absolute atomic E-state index is 0.0680. The SMILES string of the molecule is CN1CCC[C@H]1COc1nc(N2CC3CCC(C2)N3)c2cnc(-c3cc(O)cc4cccc(F)c34)c(F)c2n1. The first-order chi connectivity index (χ1) is 18.9. The fourth-order valence-corrected chi connectivity index (χ4v) is 6.40. The molecule has 3 saturated heterocycles. The Morgan fingerprint density at radius 3 is 2.69 bits per heavy atom. The summed E-state index contributed by atoms with van der Waals surface area (Å²) in [5.41, 5.74) is 0.149. The Hall–Kier alpha value is -3.63. The van der Waals surface area contributed by atoms with Crippen LogP contribution in [0.4, 0.5) is 14.6 Å². The van der Waals surface area contributed by atoms with Gasteiger partial charge in [-0.3, -0.25) is 4.98 Å². The summed E-state index contributed by atoms with van der Waals surface area (Å²) >= 11 is 0. The molecule has 2 aromatic carbocycles. The molecule has 10 heteroatoms. The van der Waals surface area contributed by atoms with Gasteiger partial charge in [-0.15, -0.1) is 0 Å². The van der Waals surface area contributed by atoms with Gasteiger partial charge in [0.15, 0.2) is 5.82 Å². The van der Waals surface area contributed by atoms with Crippen molar-refractivity contribution in [2.24, 2.45) is 0 Å². The minimum atomic E-state index is -0.702. The molecular formula is C29H30F2N6O2. The Morgan fingerprint density at radius 1 is 1.10 bits per heavy atom. The molecule has 7 rings (SSSR count). The Kier molecular flexibility index (Phi) is 5.97. The maximum Gasteiger partial charge on any atom is 0.319 e. The highest BCUT2D eigenvalue weighted by molar-refractivity contribution is 6.00. The van der Waals surface area contributed by atoms with E-state index in [4.69, 9.17) is 9.72 Å². The molecule has 0 spiro atoms. The van der Waals surface area contributed by atoms with Crippen LogP contribution < -0.4 is 15.0 Å². The average molecular weight is 533 g/mol. The van der Waals surface area contributed by atoms with E-state index in [-0.39, 0.29) is 40.0 Å². The Morgan fingerprint density at radius 2 is 1.92 bits per heavy atom. The number of anilines is 1. The van der Waals surface area contributed by atoms with Gasteiger partial charge >= 0.3 is 6.01 Å². The van der Waals surface area contributed by atoms with Crippen LogP contribution in [0.2, 0.25) is 0 Å². The second-order valence-electron chi connectivity index (χ2n) is 11.0. The number of phenols is 1. The lowest BCUT2D eigenvalue weighted by Crippen LogP contribution is -2.51. The quantitative estimate of drug-likeness (QED) is 0.395. The molecule has 3 fully saturated rings. The van der Waals surface area contributed by atoms with Crippen LogP contribution in [0.5, 0.6) is 11.8 Å². The molecule has 3 aliphatic heterocycles. The monoisotopic (exact) mass is 532 g/mol. The smallest absolute Gasteiger partial charge is 0.319 e. The van der Waals surface area contributed by atoms with E-state index in [9.17, 15) is 9.50 Å². The van der Waals surface area contributed by atoms with E-state index < -0.39 is 11.6 Å². The molecular weight excluding hydrogens is 502 g/mol. The van der Waals surface area contributed by atoms with Crippen molar-refractivity contribution in [1.82, 2.24) is 25.2 Å². The maximum absolute atomic E-state index is 16.4. The summed E-state index contributed by atoms with van der Waals surface area (Å²) in [6.45, 7) is 2.92. The summed E-state index contributed by atoms with van der Waals surface area (Å²) in [6.07, 6.45) is 5.87. The van der Waals surface area contributed by atoms with E-state index in [1.165, 1.54) is 18.2 Å². The van der Waals surface area contributed by atoms with Gasteiger partial charge < -0.3 is 25.0 Å². The Balaban J connectivity index is 1.37. The van der Waals surface area contributed by atoms with Crippen molar-refractivity contribution in [3.05, 3.63) is 48.2 Å². The van der Waals surface area contributed by atoms with Crippen molar-refractivity contribution in [2.45, 2.75) is 43.8 Å². The number of phenolic OH excluding ortho intramolecular Hbond substituents is 1. The van der Waals surface area contributed by atoms with Crippen molar-refractivity contribution >= 4 is 27.5 Å². The number of benzene rings is 2. The van der Waals surface area contributed by atoms with Gasteiger partial charge in [0, 0.05) is 48.4 Å². The van der Waals surface area contributed by atoms with E-state index in [0.717, 1.165) is 45.3 Å². The molecule has 8 nitrogen and oxygen atoms in total. The summed E-state index contributed by atoms with van der Waals surface area (Å²) < 4.78 is 37.4. The molecule has 2 aromatic heterocycles. The van der Waals surface area contributed by atoms with E-state index in [2.05, 4.69) is 32.1 Å². The highest BCUT2D eigenvalue weighted by Crippen LogP contribution is 2.38. The van der Waals surface area contributed by atoms with Gasteiger partial charge in [-0.05, 0) is 62.9 Å². The summed E-state index contributed by atoms with van der Waals surface area (Å²) in [7, 11) is 2.07. The zero-order valence-corrected chi connectivity index (χ0v) is 21.7. The molecule has 0 radical (unpaired) electrons. The number of hydrogen-bond donors (Lipinski definition) is 2. The first kappa shape index (κ1) is 24.4. The lowest BCUT2D eigenvalue weighted by Gasteiger charge is -2.34. The van der Waals surface area contributed by atoms with Gasteiger partial charge in [0.1, 0.15) is 35.2 Å².